The van der Waals surface area contributed by atoms with Gasteiger partial charge in [0.2, 0.25) is 0 Å². The van der Waals surface area contributed by atoms with E-state index in [0.717, 1.165) is 6.54 Å². The lowest BCUT2D eigenvalue weighted by Crippen LogP contribution is -2.38. The number of hydrogen-bond acceptors (Lipinski definition) is 3. The minimum absolute atomic E-state index is 0.898. The highest BCUT2D eigenvalue weighted by Crippen LogP contribution is 2.02. The molecule has 0 aromatic carbocycles. The van der Waals surface area contributed by atoms with E-state index in [-0.39, 0.29) is 0 Å². The molecule has 0 N–H and O–H groups in total. The third-order valence-electron chi connectivity index (χ3n) is 2.28. The first kappa shape index (κ1) is 13.8. The van der Waals surface area contributed by atoms with Crippen molar-refractivity contribution < 1.29 is 8.85 Å². The molecule has 0 saturated heterocycles. The van der Waals surface area contributed by atoms with Gasteiger partial charge in [-0.1, -0.05) is 26.2 Å². The fourth-order valence-corrected chi connectivity index (χ4v) is 1.89. The molecule has 0 spiro atoms. The third kappa shape index (κ3) is 6.29. The van der Waals surface area contributed by atoms with Gasteiger partial charge in [0.1, 0.15) is 0 Å². The topological polar surface area (TPSA) is 30.8 Å². The highest BCUT2D eigenvalue weighted by Gasteiger charge is 2.25. The van der Waals surface area contributed by atoms with Gasteiger partial charge in [-0.05, 0) is 13.0 Å². The predicted molar refractivity (Wildman–Crippen MR) is 63.1 cm³/mol. The molecule has 0 aliphatic heterocycles. The summed E-state index contributed by atoms with van der Waals surface area (Å²) >= 11 is 0. The fraction of sp³-hybridized carbons (Fsp3) is 0.900. The minimum Gasteiger partial charge on any atom is -0.394 e. The van der Waals surface area contributed by atoms with Crippen molar-refractivity contribution in [3.05, 3.63) is 0 Å². The molecule has 0 aliphatic rings. The summed E-state index contributed by atoms with van der Waals surface area (Å²) in [6.07, 6.45) is 5.01. The normalized spacial score (nSPS) is 12.6. The lowest BCUT2D eigenvalue weighted by atomic mass is 10.2. The lowest BCUT2D eigenvalue weighted by Gasteiger charge is -2.16. The van der Waals surface area contributed by atoms with E-state index in [1.54, 1.807) is 14.2 Å². The maximum Gasteiger partial charge on any atom is 0.379 e. The van der Waals surface area contributed by atoms with Gasteiger partial charge in [-0.15, -0.1) is 0 Å². The Hall–Kier alpha value is -0.193. The molecule has 0 saturated carbocycles. The van der Waals surface area contributed by atoms with Gasteiger partial charge in [-0.3, -0.25) is 4.99 Å². The summed E-state index contributed by atoms with van der Waals surface area (Å²) in [5, 5.41) is 0. The smallest absolute Gasteiger partial charge is 0.379 e. The van der Waals surface area contributed by atoms with Crippen molar-refractivity contribution in [3.63, 3.8) is 0 Å². The second kappa shape index (κ2) is 8.14. The predicted octanol–water partition coefficient (Wildman–Crippen LogP) is 2.54. The van der Waals surface area contributed by atoms with Gasteiger partial charge in [0.15, 0.2) is 0 Å². The summed E-state index contributed by atoms with van der Waals surface area (Å²) in [6.45, 7) is 5.10. The van der Waals surface area contributed by atoms with Crippen molar-refractivity contribution >= 4 is 14.4 Å². The van der Waals surface area contributed by atoms with Crippen LogP contribution in [0.5, 0.6) is 0 Å². The summed E-state index contributed by atoms with van der Waals surface area (Å²) in [5.41, 5.74) is 0. The van der Waals surface area contributed by atoms with E-state index >= 15 is 0 Å². The van der Waals surface area contributed by atoms with Crippen LogP contribution in [0.25, 0.3) is 0 Å². The average molecular weight is 217 g/mol. The maximum atomic E-state index is 5.28. The molecule has 0 rings (SSSR count). The monoisotopic (exact) mass is 217 g/mol. The van der Waals surface area contributed by atoms with Crippen molar-refractivity contribution in [2.24, 2.45) is 4.99 Å². The molecule has 14 heavy (non-hydrogen) atoms. The van der Waals surface area contributed by atoms with E-state index in [1.165, 1.54) is 25.7 Å². The highest BCUT2D eigenvalue weighted by atomic mass is 28.4. The highest BCUT2D eigenvalue weighted by molar-refractivity contribution is 6.91. The first-order valence-corrected chi connectivity index (χ1v) is 7.69. The molecule has 0 unspecified atom stereocenters. The van der Waals surface area contributed by atoms with E-state index in [0.29, 0.717) is 0 Å². The van der Waals surface area contributed by atoms with Crippen molar-refractivity contribution in [3.8, 4) is 0 Å². The first-order valence-electron chi connectivity index (χ1n) is 5.29. The SMILES string of the molecule is CCCCCCN=C[Si](C)(OC)OC. The fourth-order valence-electron chi connectivity index (χ4n) is 1.05. The zero-order valence-electron chi connectivity index (χ0n) is 9.88. The van der Waals surface area contributed by atoms with Crippen molar-refractivity contribution in [2.45, 2.75) is 39.2 Å². The summed E-state index contributed by atoms with van der Waals surface area (Å²) in [5.74, 6) is 1.87. The zero-order valence-corrected chi connectivity index (χ0v) is 10.9. The minimum atomic E-state index is -2.06. The van der Waals surface area contributed by atoms with Gasteiger partial charge in [-0.2, -0.15) is 0 Å². The van der Waals surface area contributed by atoms with E-state index < -0.39 is 8.56 Å². The Morgan fingerprint density at radius 1 is 1.14 bits per heavy atom. The Balaban J connectivity index is 3.59. The number of hydrogen-bond donors (Lipinski definition) is 0. The van der Waals surface area contributed by atoms with Crippen LogP contribution < -0.4 is 0 Å². The van der Waals surface area contributed by atoms with Crippen molar-refractivity contribution in [2.75, 3.05) is 20.8 Å². The van der Waals surface area contributed by atoms with Gasteiger partial charge in [0, 0.05) is 26.6 Å². The summed E-state index contributed by atoms with van der Waals surface area (Å²) in [4.78, 5) is 4.34. The Morgan fingerprint density at radius 2 is 1.79 bits per heavy atom. The van der Waals surface area contributed by atoms with Crippen LogP contribution in [0.2, 0.25) is 6.55 Å². The molecule has 0 amide bonds. The molecule has 0 aromatic rings. The second-order valence-electron chi connectivity index (χ2n) is 3.52. The number of rotatable bonds is 8. The Labute approximate surface area is 88.8 Å². The standard InChI is InChI=1S/C10H23NO2Si/c1-5-6-7-8-9-11-10-14(4,12-2)13-3/h10H,5-9H2,1-4H3. The second-order valence-corrected chi connectivity index (χ2v) is 6.63. The van der Waals surface area contributed by atoms with Crippen molar-refractivity contribution in [1.82, 2.24) is 0 Å². The quantitative estimate of drug-likeness (QED) is 0.355. The van der Waals surface area contributed by atoms with Crippen LogP contribution in [0.3, 0.4) is 0 Å². The van der Waals surface area contributed by atoms with Crippen LogP contribution in [0.1, 0.15) is 32.6 Å². The average Bonchev–Trinajstić information content (AvgIpc) is 2.23. The third-order valence-corrected chi connectivity index (χ3v) is 4.55. The number of nitrogens with zero attached hydrogens (tertiary/aromatic N) is 1. The van der Waals surface area contributed by atoms with Crippen LogP contribution in [0.4, 0.5) is 0 Å². The van der Waals surface area contributed by atoms with Crippen LogP contribution in [-0.2, 0) is 8.85 Å². The van der Waals surface area contributed by atoms with E-state index in [9.17, 15) is 0 Å². The van der Waals surface area contributed by atoms with Crippen LogP contribution >= 0.6 is 0 Å². The van der Waals surface area contributed by atoms with Gasteiger partial charge in [0.25, 0.3) is 0 Å². The molecule has 0 radical (unpaired) electrons. The maximum absolute atomic E-state index is 5.28. The van der Waals surface area contributed by atoms with Crippen LogP contribution in [-0.4, -0.2) is 35.2 Å². The molecule has 4 heteroatoms. The van der Waals surface area contributed by atoms with E-state index in [2.05, 4.69) is 11.9 Å². The molecule has 84 valence electrons. The van der Waals surface area contributed by atoms with Crippen LogP contribution in [0, 0.1) is 0 Å². The first-order chi connectivity index (χ1) is 6.68. The Morgan fingerprint density at radius 3 is 2.29 bits per heavy atom. The summed E-state index contributed by atoms with van der Waals surface area (Å²) in [6, 6.07) is 0. The van der Waals surface area contributed by atoms with E-state index in [1.807, 2.05) is 12.4 Å². The molecule has 0 aromatic heterocycles. The Kier molecular flexibility index (Phi) is 8.03. The lowest BCUT2D eigenvalue weighted by molar-refractivity contribution is 0.270. The number of unbranched alkanes of at least 4 members (excludes halogenated alkanes) is 3. The summed E-state index contributed by atoms with van der Waals surface area (Å²) < 4.78 is 10.6. The molecule has 0 fully saturated rings. The van der Waals surface area contributed by atoms with Gasteiger partial charge < -0.3 is 8.85 Å². The van der Waals surface area contributed by atoms with Gasteiger partial charge in [-0.25, -0.2) is 0 Å². The van der Waals surface area contributed by atoms with Gasteiger partial charge >= 0.3 is 8.56 Å². The van der Waals surface area contributed by atoms with Crippen LogP contribution in [0.15, 0.2) is 4.99 Å². The van der Waals surface area contributed by atoms with E-state index in [4.69, 9.17) is 8.85 Å². The van der Waals surface area contributed by atoms with Gasteiger partial charge in [0.05, 0.1) is 0 Å². The molecule has 0 heterocycles. The Bertz CT molecular complexity index is 158. The summed E-state index contributed by atoms with van der Waals surface area (Å²) in [7, 11) is 1.30. The molecule has 0 aliphatic carbocycles. The molecule has 0 bridgehead atoms. The molecule has 3 nitrogen and oxygen atoms in total. The molecular formula is C10H23NO2Si. The van der Waals surface area contributed by atoms with Crippen molar-refractivity contribution in [1.29, 1.82) is 0 Å². The molecular weight excluding hydrogens is 194 g/mol. The number of aliphatic imine (C=N–C) groups is 1. The largest absolute Gasteiger partial charge is 0.394 e. The molecule has 0 atom stereocenters. The zero-order chi connectivity index (χ0) is 10.9.